The van der Waals surface area contributed by atoms with Gasteiger partial charge in [-0.25, -0.2) is 0 Å². The minimum Gasteiger partial charge on any atom is -0.463 e. The van der Waals surface area contributed by atoms with Crippen LogP contribution in [0.5, 0.6) is 0 Å². The molecule has 1 N–H and O–H groups in total. The average Bonchev–Trinajstić information content (AvgIpc) is 2.87. The topological polar surface area (TPSA) is 33.4 Å². The quantitative estimate of drug-likeness (QED) is 0.915. The molecule has 1 aromatic heterocycles. The van der Waals surface area contributed by atoms with Crippen LogP contribution in [0, 0.1) is 0 Å². The van der Waals surface area contributed by atoms with Crippen molar-refractivity contribution in [1.29, 1.82) is 0 Å². The molecule has 0 aliphatic heterocycles. The monoisotopic (exact) mass is 284 g/mol. The lowest BCUT2D eigenvalue weighted by atomic mass is 10.0. The van der Waals surface area contributed by atoms with Gasteiger partial charge in [0.25, 0.3) is 0 Å². The summed E-state index contributed by atoms with van der Waals surface area (Å²) in [6.07, 6.45) is -4.53. The van der Waals surface area contributed by atoms with Gasteiger partial charge in [-0.05, 0) is 23.8 Å². The average molecular weight is 284 g/mol. The van der Waals surface area contributed by atoms with Crippen LogP contribution in [0.1, 0.15) is 35.7 Å². The highest BCUT2D eigenvalue weighted by atomic mass is 19.4. The molecule has 5 heteroatoms. The Kier molecular flexibility index (Phi) is 4.18. The first kappa shape index (κ1) is 14.7. The van der Waals surface area contributed by atoms with E-state index in [1.807, 2.05) is 6.92 Å². The Bertz CT molecular complexity index is 572. The van der Waals surface area contributed by atoms with Gasteiger partial charge in [-0.15, -0.1) is 0 Å². The van der Waals surface area contributed by atoms with Crippen molar-refractivity contribution >= 4 is 0 Å². The van der Waals surface area contributed by atoms with Crippen LogP contribution in [0.15, 0.2) is 40.8 Å². The van der Waals surface area contributed by atoms with Crippen LogP contribution in [0.25, 0.3) is 0 Å². The van der Waals surface area contributed by atoms with Crippen molar-refractivity contribution in [2.45, 2.75) is 32.0 Å². The van der Waals surface area contributed by atoms with E-state index in [-0.39, 0.29) is 6.42 Å². The van der Waals surface area contributed by atoms with E-state index in [4.69, 9.17) is 4.42 Å². The molecule has 0 fully saturated rings. The molecule has 2 rings (SSSR count). The maximum absolute atomic E-state index is 12.6. The Morgan fingerprint density at radius 2 is 1.95 bits per heavy atom. The number of aryl methyl sites for hydroxylation is 1. The predicted octanol–water partition coefficient (Wildman–Crippen LogP) is 4.14. The molecule has 0 saturated heterocycles. The highest BCUT2D eigenvalue weighted by Crippen LogP contribution is 2.30. The molecule has 20 heavy (non-hydrogen) atoms. The lowest BCUT2D eigenvalue weighted by Gasteiger charge is -2.11. The number of benzene rings is 1. The molecule has 0 bridgehead atoms. The first-order chi connectivity index (χ1) is 9.40. The fourth-order valence-electron chi connectivity index (χ4n) is 1.96. The number of aliphatic hydroxyl groups is 1. The van der Waals surface area contributed by atoms with Gasteiger partial charge >= 0.3 is 6.18 Å². The Balaban J connectivity index is 2.13. The molecule has 1 aromatic carbocycles. The molecule has 2 aromatic rings. The third kappa shape index (κ3) is 3.42. The number of hydrogen-bond acceptors (Lipinski definition) is 2. The molecule has 0 amide bonds. The number of furan rings is 1. The Hall–Kier alpha value is -1.75. The largest absolute Gasteiger partial charge is 0.463 e. The Labute approximate surface area is 114 Å². The van der Waals surface area contributed by atoms with Crippen LogP contribution in [0.3, 0.4) is 0 Å². The highest BCUT2D eigenvalue weighted by molar-refractivity contribution is 5.27. The van der Waals surface area contributed by atoms with Crippen LogP contribution in [0.2, 0.25) is 0 Å². The van der Waals surface area contributed by atoms with E-state index < -0.39 is 17.8 Å². The van der Waals surface area contributed by atoms with Crippen molar-refractivity contribution in [3.63, 3.8) is 0 Å². The van der Waals surface area contributed by atoms with Gasteiger partial charge in [-0.2, -0.15) is 13.2 Å². The van der Waals surface area contributed by atoms with Crippen LogP contribution in [-0.4, -0.2) is 5.11 Å². The summed E-state index contributed by atoms with van der Waals surface area (Å²) < 4.78 is 43.2. The van der Waals surface area contributed by atoms with Gasteiger partial charge in [0.15, 0.2) is 0 Å². The summed E-state index contributed by atoms with van der Waals surface area (Å²) >= 11 is 0. The minimum absolute atomic E-state index is 0.0839. The molecular weight excluding hydrogens is 269 g/mol. The smallest absolute Gasteiger partial charge is 0.416 e. The van der Waals surface area contributed by atoms with E-state index in [1.165, 1.54) is 6.07 Å². The minimum atomic E-state index is -4.37. The Morgan fingerprint density at radius 1 is 1.20 bits per heavy atom. The van der Waals surface area contributed by atoms with E-state index in [1.54, 1.807) is 18.2 Å². The standard InChI is InChI=1S/C15H15F3O2/c1-2-12-6-7-14(20-12)13(19)9-10-4-3-5-11(8-10)15(16,17)18/h3-8,13,19H,2,9H2,1H3. The second-order valence-corrected chi connectivity index (χ2v) is 4.58. The number of rotatable bonds is 4. The van der Waals surface area contributed by atoms with Crippen molar-refractivity contribution in [1.82, 2.24) is 0 Å². The van der Waals surface area contributed by atoms with Gasteiger partial charge in [-0.3, -0.25) is 0 Å². The van der Waals surface area contributed by atoms with Crippen LogP contribution < -0.4 is 0 Å². The van der Waals surface area contributed by atoms with Crippen LogP contribution in [-0.2, 0) is 19.0 Å². The SMILES string of the molecule is CCc1ccc(C(O)Cc2cccc(C(F)(F)F)c2)o1. The van der Waals surface area contributed by atoms with Crippen LogP contribution >= 0.6 is 0 Å². The zero-order chi connectivity index (χ0) is 14.8. The van der Waals surface area contributed by atoms with Crippen molar-refractivity contribution in [2.24, 2.45) is 0 Å². The molecule has 0 aliphatic rings. The number of halogens is 3. The van der Waals surface area contributed by atoms with Gasteiger partial charge in [0, 0.05) is 12.8 Å². The maximum Gasteiger partial charge on any atom is 0.416 e. The van der Waals surface area contributed by atoms with E-state index in [9.17, 15) is 18.3 Å². The predicted molar refractivity (Wildman–Crippen MR) is 68.2 cm³/mol. The van der Waals surface area contributed by atoms with Gasteiger partial charge < -0.3 is 9.52 Å². The third-order valence-electron chi connectivity index (χ3n) is 3.04. The molecule has 0 spiro atoms. The number of hydrogen-bond donors (Lipinski definition) is 1. The summed E-state index contributed by atoms with van der Waals surface area (Å²) in [7, 11) is 0. The van der Waals surface area contributed by atoms with Gasteiger partial charge in [0.2, 0.25) is 0 Å². The lowest BCUT2D eigenvalue weighted by Crippen LogP contribution is -2.07. The number of aliphatic hydroxyl groups excluding tert-OH is 1. The Morgan fingerprint density at radius 3 is 2.55 bits per heavy atom. The molecule has 0 radical (unpaired) electrons. The molecule has 0 aliphatic carbocycles. The summed E-state index contributed by atoms with van der Waals surface area (Å²) in [4.78, 5) is 0. The molecule has 0 saturated carbocycles. The van der Waals surface area contributed by atoms with E-state index in [0.29, 0.717) is 17.7 Å². The van der Waals surface area contributed by atoms with Crippen LogP contribution in [0.4, 0.5) is 13.2 Å². The van der Waals surface area contributed by atoms with E-state index >= 15 is 0 Å². The molecule has 108 valence electrons. The fourth-order valence-corrected chi connectivity index (χ4v) is 1.96. The normalized spacial score (nSPS) is 13.4. The van der Waals surface area contributed by atoms with E-state index in [0.717, 1.165) is 17.9 Å². The summed E-state index contributed by atoms with van der Waals surface area (Å²) in [5.74, 6) is 1.11. The van der Waals surface area contributed by atoms with E-state index in [2.05, 4.69) is 0 Å². The van der Waals surface area contributed by atoms with Crippen molar-refractivity contribution in [2.75, 3.05) is 0 Å². The first-order valence-electron chi connectivity index (χ1n) is 6.33. The molecule has 1 heterocycles. The maximum atomic E-state index is 12.6. The van der Waals surface area contributed by atoms with Crippen molar-refractivity contribution in [3.8, 4) is 0 Å². The second-order valence-electron chi connectivity index (χ2n) is 4.58. The zero-order valence-corrected chi connectivity index (χ0v) is 10.9. The lowest BCUT2D eigenvalue weighted by molar-refractivity contribution is -0.137. The van der Waals surface area contributed by atoms with Gasteiger partial charge in [0.05, 0.1) is 5.56 Å². The summed E-state index contributed by atoms with van der Waals surface area (Å²) in [6, 6.07) is 8.36. The third-order valence-corrected chi connectivity index (χ3v) is 3.04. The summed E-state index contributed by atoms with van der Waals surface area (Å²) in [5.41, 5.74) is -0.294. The first-order valence-corrected chi connectivity index (χ1v) is 6.33. The van der Waals surface area contributed by atoms with Crippen molar-refractivity contribution < 1.29 is 22.7 Å². The zero-order valence-electron chi connectivity index (χ0n) is 10.9. The molecule has 1 unspecified atom stereocenters. The van der Waals surface area contributed by atoms with Gasteiger partial charge in [0.1, 0.15) is 17.6 Å². The highest BCUT2D eigenvalue weighted by Gasteiger charge is 2.30. The van der Waals surface area contributed by atoms with Crippen molar-refractivity contribution in [3.05, 3.63) is 59.0 Å². The second kappa shape index (κ2) is 5.71. The molecular formula is C15H15F3O2. The molecule has 1 atom stereocenters. The molecule has 2 nitrogen and oxygen atoms in total. The van der Waals surface area contributed by atoms with Gasteiger partial charge in [-0.1, -0.05) is 25.1 Å². The summed E-state index contributed by atoms with van der Waals surface area (Å²) in [5, 5.41) is 10.0. The number of alkyl halides is 3. The fraction of sp³-hybridized carbons (Fsp3) is 0.333. The summed E-state index contributed by atoms with van der Waals surface area (Å²) in [6.45, 7) is 1.92.